The van der Waals surface area contributed by atoms with Gasteiger partial charge in [-0.2, -0.15) is 0 Å². The van der Waals surface area contributed by atoms with Crippen molar-refractivity contribution in [3.8, 4) is 16.9 Å². The maximum absolute atomic E-state index is 12.2. The Hall–Kier alpha value is -3.27. The van der Waals surface area contributed by atoms with E-state index in [0.29, 0.717) is 5.56 Å². The lowest BCUT2D eigenvalue weighted by Crippen LogP contribution is -2.25. The van der Waals surface area contributed by atoms with E-state index in [4.69, 9.17) is 4.74 Å². The van der Waals surface area contributed by atoms with Gasteiger partial charge >= 0.3 is 6.09 Å². The number of phenolic OH excluding ortho intramolecular Hbond substituents is 1. The van der Waals surface area contributed by atoms with Crippen molar-refractivity contribution in [2.75, 3.05) is 6.61 Å². The van der Waals surface area contributed by atoms with E-state index in [1.807, 2.05) is 37.3 Å². The zero-order chi connectivity index (χ0) is 18.8. The highest BCUT2D eigenvalue weighted by atomic mass is 16.5. The maximum atomic E-state index is 12.2. The van der Waals surface area contributed by atoms with Crippen LogP contribution in [0.25, 0.3) is 11.1 Å². The van der Waals surface area contributed by atoms with E-state index in [2.05, 4.69) is 29.6 Å². The van der Waals surface area contributed by atoms with Crippen LogP contribution in [0.1, 0.15) is 28.2 Å². The molecule has 0 fully saturated rings. The molecule has 0 aromatic heterocycles. The van der Waals surface area contributed by atoms with Crippen LogP contribution in [0.3, 0.4) is 0 Å². The zero-order valence-corrected chi connectivity index (χ0v) is 15.1. The molecule has 136 valence electrons. The minimum Gasteiger partial charge on any atom is -0.508 e. The number of ether oxygens (including phenoxy) is 1. The second-order valence-corrected chi connectivity index (χ2v) is 6.81. The summed E-state index contributed by atoms with van der Waals surface area (Å²) in [5, 5.41) is 12.6. The average Bonchev–Trinajstić information content (AvgIpc) is 3.00. The zero-order valence-electron chi connectivity index (χ0n) is 15.1. The number of aryl methyl sites for hydroxylation is 1. The average molecular weight is 359 g/mol. The summed E-state index contributed by atoms with van der Waals surface area (Å²) in [7, 11) is 0. The van der Waals surface area contributed by atoms with Crippen molar-refractivity contribution in [3.63, 3.8) is 0 Å². The van der Waals surface area contributed by atoms with Gasteiger partial charge in [-0.25, -0.2) is 4.79 Å². The number of amides is 1. The number of rotatable bonds is 4. The maximum Gasteiger partial charge on any atom is 0.407 e. The number of fused-ring (bicyclic) bond motifs is 3. The van der Waals surface area contributed by atoms with Crippen LogP contribution in [0.15, 0.2) is 66.7 Å². The Balaban J connectivity index is 1.42. The first-order chi connectivity index (χ1) is 13.1. The lowest BCUT2D eigenvalue weighted by atomic mass is 9.98. The summed E-state index contributed by atoms with van der Waals surface area (Å²) in [6.07, 6.45) is -0.489. The number of hydrogen-bond donors (Lipinski definition) is 2. The van der Waals surface area contributed by atoms with Gasteiger partial charge in [0.05, 0.1) is 0 Å². The van der Waals surface area contributed by atoms with Crippen molar-refractivity contribution in [1.82, 2.24) is 5.32 Å². The fourth-order valence-electron chi connectivity index (χ4n) is 3.64. The molecule has 0 spiro atoms. The van der Waals surface area contributed by atoms with Gasteiger partial charge < -0.3 is 15.2 Å². The Kier molecular flexibility index (Phi) is 4.55. The van der Waals surface area contributed by atoms with Crippen LogP contribution in [0.5, 0.6) is 5.75 Å². The highest BCUT2D eigenvalue weighted by molar-refractivity contribution is 5.79. The Labute approximate surface area is 158 Å². The molecule has 27 heavy (non-hydrogen) atoms. The Morgan fingerprint density at radius 2 is 1.63 bits per heavy atom. The second kappa shape index (κ2) is 7.16. The smallest absolute Gasteiger partial charge is 0.407 e. The molecule has 1 amide bonds. The lowest BCUT2D eigenvalue weighted by molar-refractivity contribution is 0.142. The standard InChI is InChI=1S/C23H21NO3/c1-15-10-11-16(22(25)12-15)13-24-23(26)27-14-21-19-8-4-2-6-17(19)18-7-3-5-9-20(18)21/h2-12,21,25H,13-14H2,1H3,(H,24,26). The van der Waals surface area contributed by atoms with E-state index in [-0.39, 0.29) is 24.8 Å². The number of aromatic hydroxyl groups is 1. The van der Waals surface area contributed by atoms with Crippen molar-refractivity contribution >= 4 is 6.09 Å². The van der Waals surface area contributed by atoms with Crippen molar-refractivity contribution < 1.29 is 14.6 Å². The SMILES string of the molecule is Cc1ccc(CNC(=O)OCC2c3ccccc3-c3ccccc32)c(O)c1. The number of carbonyl (C=O) groups excluding carboxylic acids is 1. The molecule has 0 saturated carbocycles. The first-order valence-corrected chi connectivity index (χ1v) is 9.01. The van der Waals surface area contributed by atoms with E-state index in [9.17, 15) is 9.90 Å². The molecule has 4 rings (SSSR count). The van der Waals surface area contributed by atoms with E-state index < -0.39 is 6.09 Å². The second-order valence-electron chi connectivity index (χ2n) is 6.81. The molecule has 0 radical (unpaired) electrons. The molecule has 4 heteroatoms. The highest BCUT2D eigenvalue weighted by Gasteiger charge is 2.28. The molecule has 4 nitrogen and oxygen atoms in total. The van der Waals surface area contributed by atoms with E-state index in [0.717, 1.165) is 5.56 Å². The van der Waals surface area contributed by atoms with Gasteiger partial charge in [0.1, 0.15) is 12.4 Å². The van der Waals surface area contributed by atoms with Crippen LogP contribution in [0.4, 0.5) is 4.79 Å². The molecule has 0 saturated heterocycles. The molecular formula is C23H21NO3. The third-order valence-corrected chi connectivity index (χ3v) is 5.01. The van der Waals surface area contributed by atoms with Crippen molar-refractivity contribution in [3.05, 3.63) is 89.0 Å². The third kappa shape index (κ3) is 3.38. The van der Waals surface area contributed by atoms with Crippen LogP contribution in [-0.2, 0) is 11.3 Å². The van der Waals surface area contributed by atoms with Gasteiger partial charge in [-0.05, 0) is 40.8 Å². The summed E-state index contributed by atoms with van der Waals surface area (Å²) in [5.41, 5.74) is 6.40. The van der Waals surface area contributed by atoms with Crippen molar-refractivity contribution in [2.24, 2.45) is 0 Å². The molecule has 0 atom stereocenters. The van der Waals surface area contributed by atoms with Crippen LogP contribution < -0.4 is 5.32 Å². The van der Waals surface area contributed by atoms with Gasteiger partial charge in [-0.15, -0.1) is 0 Å². The van der Waals surface area contributed by atoms with Crippen LogP contribution >= 0.6 is 0 Å². The van der Waals surface area contributed by atoms with Gasteiger partial charge in [0.2, 0.25) is 0 Å². The summed E-state index contributed by atoms with van der Waals surface area (Å²) in [6, 6.07) is 21.8. The summed E-state index contributed by atoms with van der Waals surface area (Å²) in [6.45, 7) is 2.41. The van der Waals surface area contributed by atoms with E-state index in [1.54, 1.807) is 12.1 Å². The summed E-state index contributed by atoms with van der Waals surface area (Å²) >= 11 is 0. The molecule has 0 unspecified atom stereocenters. The summed E-state index contributed by atoms with van der Waals surface area (Å²) in [5.74, 6) is 0.213. The van der Waals surface area contributed by atoms with Gasteiger partial charge in [-0.3, -0.25) is 0 Å². The molecule has 1 aliphatic carbocycles. The van der Waals surface area contributed by atoms with Crippen LogP contribution in [0, 0.1) is 6.92 Å². The molecular weight excluding hydrogens is 338 g/mol. The van der Waals surface area contributed by atoms with Crippen LogP contribution in [0.2, 0.25) is 0 Å². The van der Waals surface area contributed by atoms with Gasteiger partial charge in [0.15, 0.2) is 0 Å². The summed E-state index contributed by atoms with van der Waals surface area (Å²) in [4.78, 5) is 12.2. The summed E-state index contributed by atoms with van der Waals surface area (Å²) < 4.78 is 5.49. The van der Waals surface area contributed by atoms with Crippen molar-refractivity contribution in [2.45, 2.75) is 19.4 Å². The molecule has 2 N–H and O–H groups in total. The monoisotopic (exact) mass is 359 g/mol. The number of hydrogen-bond acceptors (Lipinski definition) is 3. The Bertz CT molecular complexity index is 951. The lowest BCUT2D eigenvalue weighted by Gasteiger charge is -2.15. The fourth-order valence-corrected chi connectivity index (χ4v) is 3.64. The quantitative estimate of drug-likeness (QED) is 0.707. The predicted molar refractivity (Wildman–Crippen MR) is 105 cm³/mol. The topological polar surface area (TPSA) is 58.6 Å². The number of phenols is 1. The van der Waals surface area contributed by atoms with E-state index >= 15 is 0 Å². The van der Waals surface area contributed by atoms with Gasteiger partial charge in [0, 0.05) is 18.0 Å². The molecule has 0 heterocycles. The fraction of sp³-hybridized carbons (Fsp3) is 0.174. The number of carbonyl (C=O) groups is 1. The van der Waals surface area contributed by atoms with E-state index in [1.165, 1.54) is 22.3 Å². The normalized spacial score (nSPS) is 12.3. The third-order valence-electron chi connectivity index (χ3n) is 5.01. The molecule has 3 aromatic rings. The molecule has 0 bridgehead atoms. The van der Waals surface area contributed by atoms with Crippen LogP contribution in [-0.4, -0.2) is 17.8 Å². The molecule has 0 aliphatic heterocycles. The Morgan fingerprint density at radius 3 is 2.26 bits per heavy atom. The highest BCUT2D eigenvalue weighted by Crippen LogP contribution is 2.44. The predicted octanol–water partition coefficient (Wildman–Crippen LogP) is 4.74. The molecule has 3 aromatic carbocycles. The van der Waals surface area contributed by atoms with Crippen molar-refractivity contribution in [1.29, 1.82) is 0 Å². The largest absolute Gasteiger partial charge is 0.508 e. The number of benzene rings is 3. The number of alkyl carbamates (subject to hydrolysis) is 1. The number of nitrogens with one attached hydrogen (secondary N) is 1. The minimum absolute atomic E-state index is 0.0379. The Morgan fingerprint density at radius 1 is 1.00 bits per heavy atom. The van der Waals surface area contributed by atoms with Gasteiger partial charge in [-0.1, -0.05) is 60.7 Å². The minimum atomic E-state index is -0.489. The first kappa shape index (κ1) is 17.2. The molecule has 1 aliphatic rings. The first-order valence-electron chi connectivity index (χ1n) is 9.01. The van der Waals surface area contributed by atoms with Gasteiger partial charge in [0.25, 0.3) is 0 Å².